The monoisotopic (exact) mass is 324 g/mol. The summed E-state index contributed by atoms with van der Waals surface area (Å²) in [6.45, 7) is 3.98. The molecule has 0 unspecified atom stereocenters. The molecule has 1 amide bonds. The van der Waals surface area contributed by atoms with Gasteiger partial charge in [0.15, 0.2) is 0 Å². The van der Waals surface area contributed by atoms with Crippen LogP contribution in [0.1, 0.15) is 44.7 Å². The van der Waals surface area contributed by atoms with Crippen molar-refractivity contribution in [1.82, 2.24) is 5.32 Å². The molecule has 122 valence electrons. The van der Waals surface area contributed by atoms with Gasteiger partial charge in [0, 0.05) is 6.42 Å². The number of hydrogen-bond donors (Lipinski definition) is 2. The molecule has 0 spiro atoms. The van der Waals surface area contributed by atoms with Gasteiger partial charge in [-0.15, -0.1) is 0 Å². The van der Waals surface area contributed by atoms with Crippen molar-refractivity contribution in [3.63, 3.8) is 0 Å². The predicted molar refractivity (Wildman–Crippen MR) is 88.0 cm³/mol. The Morgan fingerprint density at radius 3 is 2.50 bits per heavy atom. The molecule has 1 aliphatic carbocycles. The van der Waals surface area contributed by atoms with Crippen molar-refractivity contribution >= 4 is 21.6 Å². The second-order valence-corrected chi connectivity index (χ2v) is 8.02. The van der Waals surface area contributed by atoms with E-state index in [4.69, 9.17) is 0 Å². The lowest BCUT2D eigenvalue weighted by atomic mass is 10.0. The Balaban J connectivity index is 2.02. The first-order valence-electron chi connectivity index (χ1n) is 7.62. The summed E-state index contributed by atoms with van der Waals surface area (Å²) in [5.74, 6) is 1.12. The molecule has 6 heteroatoms. The normalized spacial score (nSPS) is 17.6. The fourth-order valence-electron chi connectivity index (χ4n) is 2.67. The topological polar surface area (TPSA) is 75.3 Å². The molecular formula is C16H24N2O3S. The van der Waals surface area contributed by atoms with Gasteiger partial charge in [0.05, 0.1) is 18.0 Å². The van der Waals surface area contributed by atoms with Gasteiger partial charge >= 0.3 is 0 Å². The molecule has 2 atom stereocenters. The Labute approximate surface area is 132 Å². The molecule has 2 rings (SSSR count). The third-order valence-corrected chi connectivity index (χ3v) is 4.62. The van der Waals surface area contributed by atoms with E-state index in [2.05, 4.69) is 17.0 Å². The highest BCUT2D eigenvalue weighted by atomic mass is 32.2. The van der Waals surface area contributed by atoms with Gasteiger partial charge in [0.2, 0.25) is 15.9 Å². The summed E-state index contributed by atoms with van der Waals surface area (Å²) in [5.41, 5.74) is 1.27. The maximum Gasteiger partial charge on any atom is 0.229 e. The molecule has 0 heterocycles. The van der Waals surface area contributed by atoms with Crippen molar-refractivity contribution in [3.8, 4) is 0 Å². The zero-order valence-corrected chi connectivity index (χ0v) is 14.1. The van der Waals surface area contributed by atoms with Gasteiger partial charge in [0.25, 0.3) is 0 Å². The zero-order valence-electron chi connectivity index (χ0n) is 13.3. The first-order valence-corrected chi connectivity index (χ1v) is 9.51. The van der Waals surface area contributed by atoms with E-state index in [9.17, 15) is 13.2 Å². The molecule has 1 aliphatic rings. The van der Waals surface area contributed by atoms with Gasteiger partial charge in [0.1, 0.15) is 0 Å². The lowest BCUT2D eigenvalue weighted by Gasteiger charge is -2.19. The first kappa shape index (κ1) is 16.8. The molecule has 22 heavy (non-hydrogen) atoms. The highest BCUT2D eigenvalue weighted by Gasteiger charge is 2.29. The molecule has 0 aliphatic heterocycles. The van der Waals surface area contributed by atoms with Crippen molar-refractivity contribution < 1.29 is 13.2 Å². The van der Waals surface area contributed by atoms with Gasteiger partial charge in [-0.25, -0.2) is 8.42 Å². The van der Waals surface area contributed by atoms with E-state index in [-0.39, 0.29) is 11.9 Å². The van der Waals surface area contributed by atoms with Crippen LogP contribution in [-0.4, -0.2) is 20.6 Å². The number of carbonyl (C=O) groups excluding carboxylic acids is 1. The van der Waals surface area contributed by atoms with Gasteiger partial charge in [-0.2, -0.15) is 0 Å². The van der Waals surface area contributed by atoms with E-state index in [1.165, 1.54) is 12.8 Å². The number of hydrogen-bond acceptors (Lipinski definition) is 3. The van der Waals surface area contributed by atoms with Crippen LogP contribution in [0, 0.1) is 11.8 Å². The van der Waals surface area contributed by atoms with Gasteiger partial charge in [-0.05, 0) is 43.2 Å². The summed E-state index contributed by atoms with van der Waals surface area (Å²) in [6.07, 6.45) is 4.09. The summed E-state index contributed by atoms with van der Waals surface area (Å²) >= 11 is 0. The van der Waals surface area contributed by atoms with E-state index in [1.54, 1.807) is 12.1 Å². The van der Waals surface area contributed by atoms with E-state index in [1.807, 2.05) is 19.1 Å². The largest absolute Gasteiger partial charge is 0.349 e. The summed E-state index contributed by atoms with van der Waals surface area (Å²) in [5, 5.41) is 2.96. The van der Waals surface area contributed by atoms with Crippen LogP contribution in [0.5, 0.6) is 0 Å². The number of carbonyl (C=O) groups is 1. The predicted octanol–water partition coefficient (Wildman–Crippen LogP) is 2.67. The van der Waals surface area contributed by atoms with Crippen molar-refractivity contribution in [1.29, 1.82) is 0 Å². The minimum absolute atomic E-state index is 0.0149. The van der Waals surface area contributed by atoms with Crippen LogP contribution in [0.3, 0.4) is 0 Å². The van der Waals surface area contributed by atoms with E-state index < -0.39 is 10.0 Å². The van der Waals surface area contributed by atoms with Crippen molar-refractivity contribution in [2.24, 2.45) is 11.8 Å². The van der Waals surface area contributed by atoms with Crippen LogP contribution < -0.4 is 10.0 Å². The van der Waals surface area contributed by atoms with Crippen LogP contribution in [0.25, 0.3) is 0 Å². The number of rotatable bonds is 7. The Morgan fingerprint density at radius 1 is 1.27 bits per heavy atom. The Hall–Kier alpha value is -1.56. The molecule has 0 radical (unpaired) electrons. The van der Waals surface area contributed by atoms with E-state index in [0.717, 1.165) is 11.8 Å². The molecule has 2 N–H and O–H groups in total. The number of benzene rings is 1. The summed E-state index contributed by atoms with van der Waals surface area (Å²) in [6, 6.07) is 6.87. The fourth-order valence-corrected chi connectivity index (χ4v) is 3.26. The molecule has 1 aromatic rings. The lowest BCUT2D eigenvalue weighted by Crippen LogP contribution is -2.29. The number of anilines is 1. The van der Waals surface area contributed by atoms with Crippen LogP contribution in [0.15, 0.2) is 24.3 Å². The third-order valence-electron chi connectivity index (χ3n) is 4.03. The second-order valence-electron chi connectivity index (χ2n) is 6.27. The Kier molecular flexibility index (Phi) is 5.11. The summed E-state index contributed by atoms with van der Waals surface area (Å²) < 4.78 is 25.3. The number of nitrogens with one attached hydrogen (secondary N) is 2. The molecule has 5 nitrogen and oxygen atoms in total. The van der Waals surface area contributed by atoms with Crippen LogP contribution >= 0.6 is 0 Å². The molecule has 0 aromatic heterocycles. The average Bonchev–Trinajstić information content (AvgIpc) is 3.21. The number of sulfonamides is 1. The van der Waals surface area contributed by atoms with Gasteiger partial charge in [-0.3, -0.25) is 9.52 Å². The van der Waals surface area contributed by atoms with Crippen molar-refractivity contribution in [2.75, 3.05) is 11.0 Å². The van der Waals surface area contributed by atoms with Crippen LogP contribution in [0.4, 0.5) is 5.69 Å². The SMILES string of the molecule is C[C@@H](NC(=O)C[C@H](C)C1CC1)c1ccccc1NS(C)(=O)=O. The zero-order chi connectivity index (χ0) is 16.3. The quantitative estimate of drug-likeness (QED) is 0.809. The fraction of sp³-hybridized carbons (Fsp3) is 0.562. The Bertz CT molecular complexity index is 639. The minimum Gasteiger partial charge on any atom is -0.349 e. The van der Waals surface area contributed by atoms with Crippen LogP contribution in [0.2, 0.25) is 0 Å². The van der Waals surface area contributed by atoms with Gasteiger partial charge < -0.3 is 5.32 Å². The molecule has 0 saturated heterocycles. The second kappa shape index (κ2) is 6.69. The lowest BCUT2D eigenvalue weighted by molar-refractivity contribution is -0.122. The molecule has 1 saturated carbocycles. The standard InChI is InChI=1S/C16H24N2O3S/c1-11(13-8-9-13)10-16(19)17-12(2)14-6-4-5-7-15(14)18-22(3,20)21/h4-7,11-13,18H,8-10H2,1-3H3,(H,17,19)/t11-,12+/m0/s1. The molecule has 1 aromatic carbocycles. The van der Waals surface area contributed by atoms with Gasteiger partial charge in [-0.1, -0.05) is 25.1 Å². The Morgan fingerprint density at radius 2 is 1.91 bits per heavy atom. The third kappa shape index (κ3) is 5.02. The minimum atomic E-state index is -3.35. The summed E-state index contributed by atoms with van der Waals surface area (Å²) in [4.78, 5) is 12.1. The van der Waals surface area contributed by atoms with Crippen molar-refractivity contribution in [3.05, 3.63) is 29.8 Å². The van der Waals surface area contributed by atoms with Crippen LogP contribution in [-0.2, 0) is 14.8 Å². The van der Waals surface area contributed by atoms with E-state index >= 15 is 0 Å². The maximum absolute atomic E-state index is 12.1. The molecular weight excluding hydrogens is 300 g/mol. The number of para-hydroxylation sites is 1. The highest BCUT2D eigenvalue weighted by Crippen LogP contribution is 2.38. The summed E-state index contributed by atoms with van der Waals surface area (Å²) in [7, 11) is -3.35. The molecule has 0 bridgehead atoms. The van der Waals surface area contributed by atoms with Crippen molar-refractivity contribution in [2.45, 2.75) is 39.2 Å². The first-order chi connectivity index (χ1) is 10.3. The maximum atomic E-state index is 12.1. The average molecular weight is 324 g/mol. The smallest absolute Gasteiger partial charge is 0.229 e. The highest BCUT2D eigenvalue weighted by molar-refractivity contribution is 7.92. The number of amides is 1. The molecule has 1 fully saturated rings. The van der Waals surface area contributed by atoms with E-state index in [0.29, 0.717) is 23.9 Å².